The molecule has 0 saturated heterocycles. The zero-order valence-electron chi connectivity index (χ0n) is 27.9. The molecule has 0 aliphatic carbocycles. The zero-order chi connectivity index (χ0) is 32.7. The predicted octanol–water partition coefficient (Wildman–Crippen LogP) is 7.03. The number of aryl methyl sites for hydroxylation is 1. The van der Waals surface area contributed by atoms with E-state index in [1.807, 2.05) is 32.0 Å². The number of nitrogens with one attached hydrogen (secondary N) is 3. The van der Waals surface area contributed by atoms with Crippen LogP contribution in [0.2, 0.25) is 5.02 Å². The van der Waals surface area contributed by atoms with Crippen molar-refractivity contribution in [2.45, 2.75) is 67.2 Å². The Kier molecular flexibility index (Phi) is 20.7. The maximum Gasteiger partial charge on any atom is 0.342 e. The summed E-state index contributed by atoms with van der Waals surface area (Å²) >= 11 is 6.28. The summed E-state index contributed by atoms with van der Waals surface area (Å²) in [5, 5.41) is 10.2. The lowest BCUT2D eigenvalue weighted by Gasteiger charge is -2.18. The molecule has 3 N–H and O–H groups in total. The first-order valence-corrected chi connectivity index (χ1v) is 16.4. The number of likely N-dealkylation sites (N-methyl/N-ethyl adjacent to an activating group) is 2. The molecular formula is C34H55ClN4O5. The van der Waals surface area contributed by atoms with E-state index >= 15 is 0 Å². The largest absolute Gasteiger partial charge is 0.496 e. The molecule has 0 fully saturated rings. The van der Waals surface area contributed by atoms with E-state index in [-0.39, 0.29) is 5.97 Å². The van der Waals surface area contributed by atoms with Crippen molar-refractivity contribution in [3.63, 3.8) is 0 Å². The van der Waals surface area contributed by atoms with Crippen LogP contribution < -0.4 is 20.7 Å². The predicted molar refractivity (Wildman–Crippen MR) is 183 cm³/mol. The van der Waals surface area contributed by atoms with Gasteiger partial charge >= 0.3 is 11.9 Å². The van der Waals surface area contributed by atoms with Crippen LogP contribution >= 0.6 is 11.6 Å². The third-order valence-corrected chi connectivity index (χ3v) is 7.27. The molecule has 2 aromatic carbocycles. The van der Waals surface area contributed by atoms with Crippen molar-refractivity contribution in [1.29, 1.82) is 0 Å². The number of rotatable bonds is 20. The second-order valence-corrected chi connectivity index (χ2v) is 10.7. The number of halogens is 1. The zero-order valence-corrected chi connectivity index (χ0v) is 28.7. The summed E-state index contributed by atoms with van der Waals surface area (Å²) in [5.41, 5.74) is 3.88. The van der Waals surface area contributed by atoms with E-state index < -0.39 is 5.97 Å². The molecule has 10 heteroatoms. The Morgan fingerprint density at radius 1 is 0.818 bits per heavy atom. The number of anilines is 2. The Hall–Kier alpha value is -3.01. The van der Waals surface area contributed by atoms with Crippen LogP contribution in [0.1, 0.15) is 86.6 Å². The molecule has 0 radical (unpaired) electrons. The number of esters is 2. The molecular weight excluding hydrogens is 580 g/mol. The fourth-order valence-corrected chi connectivity index (χ4v) is 4.40. The van der Waals surface area contributed by atoms with Crippen molar-refractivity contribution < 1.29 is 23.8 Å². The van der Waals surface area contributed by atoms with E-state index in [0.717, 1.165) is 68.9 Å². The molecule has 0 heterocycles. The Morgan fingerprint density at radius 2 is 1.45 bits per heavy atom. The second-order valence-electron chi connectivity index (χ2n) is 10.3. The van der Waals surface area contributed by atoms with Crippen LogP contribution in [0.3, 0.4) is 0 Å². The van der Waals surface area contributed by atoms with Crippen molar-refractivity contribution in [1.82, 2.24) is 10.2 Å². The molecule has 0 amide bonds. The second kappa shape index (κ2) is 23.4. The van der Waals surface area contributed by atoms with Gasteiger partial charge in [-0.25, -0.2) is 9.59 Å². The smallest absolute Gasteiger partial charge is 0.342 e. The van der Waals surface area contributed by atoms with Gasteiger partial charge in [0.2, 0.25) is 0 Å². The summed E-state index contributed by atoms with van der Waals surface area (Å²) in [7, 11) is 1.53. The molecule has 2 aromatic rings. The van der Waals surface area contributed by atoms with Gasteiger partial charge in [-0.3, -0.25) is 0 Å². The molecule has 2 rings (SSSR count). The lowest BCUT2D eigenvalue weighted by Crippen LogP contribution is -2.28. The SMILES string of the molecule is CCCCNc1cc(OC)c(C(=O)OCCN(CC)CC)cc1Cl.CCCCNc1ccc(C(=O)OCCNCC)cc1C. The summed E-state index contributed by atoms with van der Waals surface area (Å²) in [5.74, 6) is -0.210. The van der Waals surface area contributed by atoms with E-state index in [9.17, 15) is 9.59 Å². The van der Waals surface area contributed by atoms with Gasteiger partial charge in [0.15, 0.2) is 0 Å². The highest BCUT2D eigenvalue weighted by Gasteiger charge is 2.17. The molecule has 9 nitrogen and oxygen atoms in total. The number of methoxy groups -OCH3 is 1. The van der Waals surface area contributed by atoms with Crippen LogP contribution in [-0.2, 0) is 9.47 Å². The third kappa shape index (κ3) is 14.6. The number of hydrogen-bond donors (Lipinski definition) is 3. The average molecular weight is 635 g/mol. The highest BCUT2D eigenvalue weighted by atomic mass is 35.5. The number of carbonyl (C=O) groups excluding carboxylic acids is 2. The van der Waals surface area contributed by atoms with Gasteiger partial charge in [0.05, 0.1) is 23.4 Å². The quantitative estimate of drug-likeness (QED) is 0.105. The van der Waals surface area contributed by atoms with Crippen molar-refractivity contribution in [3.8, 4) is 5.75 Å². The molecule has 0 saturated carbocycles. The molecule has 0 aromatic heterocycles. The minimum atomic E-state index is -0.416. The fraction of sp³-hybridized carbons (Fsp3) is 0.588. The Morgan fingerprint density at radius 3 is 2.02 bits per heavy atom. The van der Waals surface area contributed by atoms with Gasteiger partial charge in [0, 0.05) is 37.9 Å². The molecule has 248 valence electrons. The topological polar surface area (TPSA) is 101 Å². The monoisotopic (exact) mass is 634 g/mol. The average Bonchev–Trinajstić information content (AvgIpc) is 3.03. The summed E-state index contributed by atoms with van der Waals surface area (Å²) < 4.78 is 15.9. The van der Waals surface area contributed by atoms with Crippen molar-refractivity contribution in [2.75, 3.05) is 76.8 Å². The standard InChI is InChI=1S/C18H29ClN2O3.C16H26N2O2/c1-5-8-9-20-16-13-17(23-4)14(12-15(16)19)18(22)24-11-10-21(6-2)7-3;1-4-6-9-18-15-8-7-14(12-13(15)3)16(19)20-11-10-17-5-2/h12-13,20H,5-11H2,1-4H3;7-8,12,17-18H,4-6,9-11H2,1-3H3. The first kappa shape index (κ1) is 39.0. The number of carbonyl (C=O) groups is 2. The first-order chi connectivity index (χ1) is 21.3. The number of benzene rings is 2. The lowest BCUT2D eigenvalue weighted by atomic mass is 10.1. The van der Waals surface area contributed by atoms with Crippen LogP contribution in [0.15, 0.2) is 30.3 Å². The van der Waals surface area contributed by atoms with Gasteiger partial charge in [0.1, 0.15) is 24.5 Å². The van der Waals surface area contributed by atoms with E-state index in [2.05, 4.69) is 48.5 Å². The van der Waals surface area contributed by atoms with Gasteiger partial charge in [-0.05, 0) is 69.2 Å². The van der Waals surface area contributed by atoms with Gasteiger partial charge in [-0.2, -0.15) is 0 Å². The number of hydrogen-bond acceptors (Lipinski definition) is 9. The highest BCUT2D eigenvalue weighted by molar-refractivity contribution is 6.33. The summed E-state index contributed by atoms with van der Waals surface area (Å²) in [6.07, 6.45) is 4.46. The van der Waals surface area contributed by atoms with Crippen molar-refractivity contribution in [2.24, 2.45) is 0 Å². The van der Waals surface area contributed by atoms with Gasteiger partial charge in [-0.1, -0.05) is 59.1 Å². The Labute approximate surface area is 270 Å². The van der Waals surface area contributed by atoms with Crippen LogP contribution in [0.4, 0.5) is 11.4 Å². The number of ether oxygens (including phenoxy) is 3. The maximum absolute atomic E-state index is 12.3. The summed E-state index contributed by atoms with van der Waals surface area (Å²) in [6.45, 7) is 19.2. The normalized spacial score (nSPS) is 10.6. The third-order valence-electron chi connectivity index (χ3n) is 6.96. The van der Waals surface area contributed by atoms with Crippen molar-refractivity contribution in [3.05, 3.63) is 52.0 Å². The van der Waals surface area contributed by atoms with E-state index in [1.54, 1.807) is 12.1 Å². The first-order valence-electron chi connectivity index (χ1n) is 16.0. The van der Waals surface area contributed by atoms with Crippen LogP contribution in [0.25, 0.3) is 0 Å². The molecule has 0 atom stereocenters. The molecule has 0 aliphatic heterocycles. The maximum atomic E-state index is 12.3. The molecule has 44 heavy (non-hydrogen) atoms. The Balaban J connectivity index is 0.000000447. The van der Waals surface area contributed by atoms with Gasteiger partial charge < -0.3 is 35.1 Å². The van der Waals surface area contributed by atoms with Crippen LogP contribution in [0, 0.1) is 6.92 Å². The van der Waals surface area contributed by atoms with Crippen LogP contribution in [-0.4, -0.2) is 83.0 Å². The summed E-state index contributed by atoms with van der Waals surface area (Å²) in [6, 6.07) is 9.00. The highest BCUT2D eigenvalue weighted by Crippen LogP contribution is 2.31. The molecule has 0 bridgehead atoms. The van der Waals surface area contributed by atoms with E-state index in [1.165, 1.54) is 13.5 Å². The van der Waals surface area contributed by atoms with Gasteiger partial charge in [-0.15, -0.1) is 0 Å². The summed E-state index contributed by atoms with van der Waals surface area (Å²) in [4.78, 5) is 26.4. The minimum Gasteiger partial charge on any atom is -0.496 e. The van der Waals surface area contributed by atoms with E-state index in [4.69, 9.17) is 25.8 Å². The fourth-order valence-electron chi connectivity index (χ4n) is 4.17. The van der Waals surface area contributed by atoms with Crippen molar-refractivity contribution >= 4 is 34.9 Å². The molecule has 0 spiro atoms. The van der Waals surface area contributed by atoms with Crippen LogP contribution in [0.5, 0.6) is 5.75 Å². The minimum absolute atomic E-state index is 0.258. The molecule has 0 aliphatic rings. The van der Waals surface area contributed by atoms with E-state index in [0.29, 0.717) is 48.2 Å². The number of nitrogens with zero attached hydrogens (tertiary/aromatic N) is 1. The number of unbranched alkanes of at least 4 members (excludes halogenated alkanes) is 2. The molecule has 0 unspecified atom stereocenters. The van der Waals surface area contributed by atoms with Gasteiger partial charge in [0.25, 0.3) is 0 Å². The Bertz CT molecular complexity index is 1110. The lowest BCUT2D eigenvalue weighted by molar-refractivity contribution is 0.0461.